The number of aryl methyl sites for hydroxylation is 1. The number of carbonyl (C=O) groups is 1. The first kappa shape index (κ1) is 25.6. The molecule has 0 amide bonds. The maximum absolute atomic E-state index is 13.1. The van der Waals surface area contributed by atoms with Gasteiger partial charge in [-0.3, -0.25) is 0 Å². The average Bonchev–Trinajstić information content (AvgIpc) is 3.34. The number of nitrogens with one attached hydrogen (secondary N) is 1. The van der Waals surface area contributed by atoms with Crippen molar-refractivity contribution < 1.29 is 14.3 Å². The molecule has 1 aliphatic heterocycles. The molecule has 1 N–H and O–H groups in total. The van der Waals surface area contributed by atoms with Crippen LogP contribution < -0.4 is 10.1 Å². The van der Waals surface area contributed by atoms with E-state index in [1.54, 1.807) is 23.4 Å². The highest BCUT2D eigenvalue weighted by molar-refractivity contribution is 7.98. The molecule has 1 unspecified atom stereocenters. The quantitative estimate of drug-likeness (QED) is 0.202. The van der Waals surface area contributed by atoms with Crippen LogP contribution >= 0.6 is 11.8 Å². The Morgan fingerprint density at radius 3 is 2.55 bits per heavy atom. The van der Waals surface area contributed by atoms with Gasteiger partial charge in [-0.25, -0.2) is 9.48 Å². The lowest BCUT2D eigenvalue weighted by Gasteiger charge is -2.28. The van der Waals surface area contributed by atoms with E-state index in [2.05, 4.69) is 48.6 Å². The van der Waals surface area contributed by atoms with Gasteiger partial charge in [0.1, 0.15) is 18.4 Å². The number of fused-ring (bicyclic) bond motifs is 1. The lowest BCUT2D eigenvalue weighted by Crippen LogP contribution is -2.29. The van der Waals surface area contributed by atoms with E-state index in [0.29, 0.717) is 34.7 Å². The number of nitrogens with zero attached hydrogens (tertiary/aromatic N) is 3. The number of aromatic nitrogens is 3. The molecule has 194 valence electrons. The van der Waals surface area contributed by atoms with Crippen LogP contribution in [-0.4, -0.2) is 27.3 Å². The number of hydrogen-bond acceptors (Lipinski definition) is 7. The normalized spacial score (nSPS) is 14.6. The number of rotatable bonds is 9. The zero-order chi connectivity index (χ0) is 26.5. The van der Waals surface area contributed by atoms with Gasteiger partial charge < -0.3 is 14.8 Å². The van der Waals surface area contributed by atoms with Crippen LogP contribution in [-0.2, 0) is 21.9 Å². The second-order valence-electron chi connectivity index (χ2n) is 9.07. The van der Waals surface area contributed by atoms with E-state index in [4.69, 9.17) is 19.6 Å². The van der Waals surface area contributed by atoms with Gasteiger partial charge in [-0.1, -0.05) is 84.1 Å². The summed E-state index contributed by atoms with van der Waals surface area (Å²) in [7, 11) is 0. The van der Waals surface area contributed by atoms with Crippen LogP contribution in [0.2, 0.25) is 0 Å². The maximum Gasteiger partial charge on any atom is 0.338 e. The summed E-state index contributed by atoms with van der Waals surface area (Å²) in [5, 5.41) is 8.69. The van der Waals surface area contributed by atoms with Crippen LogP contribution in [0.4, 0.5) is 5.95 Å². The highest BCUT2D eigenvalue weighted by Crippen LogP contribution is 2.38. The Kier molecular flexibility index (Phi) is 7.79. The Bertz CT molecular complexity index is 1450. The number of hydrogen-bond donors (Lipinski definition) is 1. The largest absolute Gasteiger partial charge is 0.489 e. The summed E-state index contributed by atoms with van der Waals surface area (Å²) in [5.74, 6) is 1.66. The summed E-state index contributed by atoms with van der Waals surface area (Å²) in [6.45, 7) is 6.46. The second-order valence-corrected chi connectivity index (χ2v) is 10.0. The van der Waals surface area contributed by atoms with Gasteiger partial charge in [0.15, 0.2) is 0 Å². The predicted molar refractivity (Wildman–Crippen MR) is 149 cm³/mol. The van der Waals surface area contributed by atoms with Crippen molar-refractivity contribution in [3.05, 3.63) is 112 Å². The minimum absolute atomic E-state index is 0.282. The van der Waals surface area contributed by atoms with Gasteiger partial charge in [-0.05, 0) is 49.6 Å². The molecular formula is C30H30N4O3S. The minimum Gasteiger partial charge on any atom is -0.489 e. The fourth-order valence-electron chi connectivity index (χ4n) is 4.32. The SMILES string of the molecule is CCOC(=O)C1=C(C)Nc2nc(SCc3ccccc3)nn2C1c1cccc(OCc2ccc(C)cc2)c1. The lowest BCUT2D eigenvalue weighted by atomic mass is 9.95. The molecule has 5 rings (SSSR count). The minimum atomic E-state index is -0.508. The zero-order valence-corrected chi connectivity index (χ0v) is 22.5. The standard InChI is InChI=1S/C30H30N4O3S/c1-4-36-28(35)26-21(3)31-29-32-30(38-19-23-9-6-5-7-10-23)33-34(29)27(26)24-11-8-12-25(17-24)37-18-22-15-13-20(2)14-16-22/h5-17,27H,4,18-19H2,1-3H3,(H,31,32,33). The van der Waals surface area contributed by atoms with E-state index >= 15 is 0 Å². The molecule has 0 fully saturated rings. The van der Waals surface area contributed by atoms with Crippen LogP contribution in [0.3, 0.4) is 0 Å². The highest BCUT2D eigenvalue weighted by Gasteiger charge is 2.35. The third kappa shape index (κ3) is 5.75. The molecule has 38 heavy (non-hydrogen) atoms. The second kappa shape index (κ2) is 11.6. The molecular weight excluding hydrogens is 496 g/mol. The van der Waals surface area contributed by atoms with Crippen molar-refractivity contribution in [2.24, 2.45) is 0 Å². The smallest absolute Gasteiger partial charge is 0.338 e. The van der Waals surface area contributed by atoms with E-state index in [1.165, 1.54) is 11.1 Å². The van der Waals surface area contributed by atoms with Crippen molar-refractivity contribution in [1.82, 2.24) is 14.8 Å². The van der Waals surface area contributed by atoms with Crippen molar-refractivity contribution in [1.29, 1.82) is 0 Å². The first-order valence-electron chi connectivity index (χ1n) is 12.6. The summed E-state index contributed by atoms with van der Waals surface area (Å²) in [5.41, 5.74) is 5.54. The van der Waals surface area contributed by atoms with Crippen LogP contribution in [0, 0.1) is 6.92 Å². The van der Waals surface area contributed by atoms with Crippen LogP contribution in [0.15, 0.2) is 95.3 Å². The Balaban J connectivity index is 1.45. The van der Waals surface area contributed by atoms with E-state index in [1.807, 2.05) is 49.4 Å². The van der Waals surface area contributed by atoms with E-state index in [-0.39, 0.29) is 12.6 Å². The molecule has 0 aliphatic carbocycles. The van der Waals surface area contributed by atoms with Gasteiger partial charge in [0, 0.05) is 11.4 Å². The zero-order valence-electron chi connectivity index (χ0n) is 21.7. The van der Waals surface area contributed by atoms with Gasteiger partial charge in [0.25, 0.3) is 0 Å². The summed E-state index contributed by atoms with van der Waals surface area (Å²) < 4.78 is 13.3. The summed E-state index contributed by atoms with van der Waals surface area (Å²) in [4.78, 5) is 17.8. The Hall–Kier alpha value is -4.04. The fraction of sp³-hybridized carbons (Fsp3) is 0.233. The predicted octanol–water partition coefficient (Wildman–Crippen LogP) is 6.31. The molecule has 0 radical (unpaired) electrons. The van der Waals surface area contributed by atoms with Crippen LogP contribution in [0.5, 0.6) is 5.75 Å². The number of allylic oxidation sites excluding steroid dienone is 1. The van der Waals surface area contributed by atoms with Crippen molar-refractivity contribution in [3.8, 4) is 5.75 Å². The monoisotopic (exact) mass is 526 g/mol. The van der Waals surface area contributed by atoms with Gasteiger partial charge in [0.05, 0.1) is 12.2 Å². The molecule has 3 aromatic carbocycles. The van der Waals surface area contributed by atoms with Gasteiger partial charge >= 0.3 is 5.97 Å². The molecule has 0 bridgehead atoms. The van der Waals surface area contributed by atoms with Gasteiger partial charge in [-0.15, -0.1) is 5.10 Å². The molecule has 7 nitrogen and oxygen atoms in total. The average molecular weight is 527 g/mol. The van der Waals surface area contributed by atoms with Crippen molar-refractivity contribution >= 4 is 23.7 Å². The molecule has 1 aliphatic rings. The number of thioether (sulfide) groups is 1. The Morgan fingerprint density at radius 2 is 1.79 bits per heavy atom. The number of carbonyl (C=O) groups excluding carboxylic acids is 1. The lowest BCUT2D eigenvalue weighted by molar-refractivity contribution is -0.139. The molecule has 2 heterocycles. The molecule has 1 aromatic heterocycles. The van der Waals surface area contributed by atoms with Crippen molar-refractivity contribution in [3.63, 3.8) is 0 Å². The first-order valence-corrected chi connectivity index (χ1v) is 13.6. The maximum atomic E-state index is 13.1. The fourth-order valence-corrected chi connectivity index (χ4v) is 5.11. The van der Waals surface area contributed by atoms with Crippen molar-refractivity contribution in [2.75, 3.05) is 11.9 Å². The third-order valence-electron chi connectivity index (χ3n) is 6.24. The molecule has 8 heteroatoms. The molecule has 1 atom stereocenters. The Morgan fingerprint density at radius 1 is 1.00 bits per heavy atom. The molecule has 0 spiro atoms. The summed E-state index contributed by atoms with van der Waals surface area (Å²) in [6.07, 6.45) is 0. The number of ether oxygens (including phenoxy) is 2. The van der Waals surface area contributed by atoms with E-state index in [0.717, 1.165) is 16.9 Å². The Labute approximate surface area is 226 Å². The number of esters is 1. The molecule has 0 saturated heterocycles. The van der Waals surface area contributed by atoms with E-state index < -0.39 is 6.04 Å². The summed E-state index contributed by atoms with van der Waals surface area (Å²) >= 11 is 1.55. The first-order chi connectivity index (χ1) is 18.5. The number of anilines is 1. The third-order valence-corrected chi connectivity index (χ3v) is 7.15. The van der Waals surface area contributed by atoms with Crippen LogP contribution in [0.25, 0.3) is 0 Å². The van der Waals surface area contributed by atoms with Crippen LogP contribution in [0.1, 0.15) is 42.1 Å². The van der Waals surface area contributed by atoms with E-state index in [9.17, 15) is 4.79 Å². The summed E-state index contributed by atoms with van der Waals surface area (Å²) in [6, 6.07) is 25.7. The molecule has 0 saturated carbocycles. The molecule has 4 aromatic rings. The van der Waals surface area contributed by atoms with Crippen molar-refractivity contribution in [2.45, 2.75) is 44.3 Å². The topological polar surface area (TPSA) is 78.3 Å². The van der Waals surface area contributed by atoms with Gasteiger partial charge in [-0.2, -0.15) is 4.98 Å². The van der Waals surface area contributed by atoms with Gasteiger partial charge in [0.2, 0.25) is 11.1 Å². The highest BCUT2D eigenvalue weighted by atomic mass is 32.2. The number of benzene rings is 3.